The first-order valence-electron chi connectivity index (χ1n) is 8.15. The van der Waals surface area contributed by atoms with Gasteiger partial charge in [-0.3, -0.25) is 0 Å². The van der Waals surface area contributed by atoms with Crippen LogP contribution < -0.4 is 5.73 Å². The molecule has 2 heteroatoms. The van der Waals surface area contributed by atoms with E-state index in [1.54, 1.807) is 0 Å². The Labute approximate surface area is 137 Å². The molecule has 2 N–H and O–H groups in total. The van der Waals surface area contributed by atoms with E-state index in [0.717, 1.165) is 10.9 Å². The van der Waals surface area contributed by atoms with Crippen molar-refractivity contribution in [1.82, 2.24) is 0 Å². The van der Waals surface area contributed by atoms with Gasteiger partial charge in [0.05, 0.1) is 0 Å². The van der Waals surface area contributed by atoms with Crippen molar-refractivity contribution >= 4 is 26.7 Å². The van der Waals surface area contributed by atoms with Crippen molar-refractivity contribution in [3.63, 3.8) is 0 Å². The molecule has 1 atom stereocenters. The molecule has 21 heavy (non-hydrogen) atoms. The number of unbranched alkanes of at least 4 members (excludes halogenated alkanes) is 5. The second kappa shape index (κ2) is 8.55. The summed E-state index contributed by atoms with van der Waals surface area (Å²) in [6.45, 7) is 2.26. The second-order valence-electron chi connectivity index (χ2n) is 5.91. The van der Waals surface area contributed by atoms with Crippen molar-refractivity contribution in [1.29, 1.82) is 0 Å². The molecule has 2 aromatic carbocycles. The summed E-state index contributed by atoms with van der Waals surface area (Å²) < 4.78 is 1.12. The van der Waals surface area contributed by atoms with E-state index in [4.69, 9.17) is 5.73 Å². The molecule has 1 nitrogen and oxygen atoms in total. The Kier molecular flexibility index (Phi) is 6.72. The Morgan fingerprint density at radius 2 is 1.57 bits per heavy atom. The second-order valence-corrected chi connectivity index (χ2v) is 6.83. The van der Waals surface area contributed by atoms with Gasteiger partial charge >= 0.3 is 0 Å². The van der Waals surface area contributed by atoms with Gasteiger partial charge in [-0.2, -0.15) is 0 Å². The third kappa shape index (κ3) is 5.12. The highest BCUT2D eigenvalue weighted by Crippen LogP contribution is 2.25. The third-order valence-electron chi connectivity index (χ3n) is 4.12. The summed E-state index contributed by atoms with van der Waals surface area (Å²) in [6, 6.07) is 13.2. The van der Waals surface area contributed by atoms with E-state index in [-0.39, 0.29) is 6.04 Å². The van der Waals surface area contributed by atoms with Crippen molar-refractivity contribution in [2.75, 3.05) is 0 Å². The minimum atomic E-state index is 0.171. The minimum Gasteiger partial charge on any atom is -0.324 e. The number of rotatable bonds is 8. The maximum absolute atomic E-state index is 6.35. The Balaban J connectivity index is 1.87. The zero-order valence-corrected chi connectivity index (χ0v) is 14.5. The lowest BCUT2D eigenvalue weighted by atomic mass is 9.98. The Hall–Kier alpha value is -0.860. The fourth-order valence-electron chi connectivity index (χ4n) is 2.78. The molecular weight excluding hydrogens is 322 g/mol. The number of halogens is 1. The van der Waals surface area contributed by atoms with Crippen LogP contribution in [-0.2, 0) is 0 Å². The third-order valence-corrected chi connectivity index (χ3v) is 4.62. The van der Waals surface area contributed by atoms with Gasteiger partial charge in [0.2, 0.25) is 0 Å². The molecule has 0 saturated heterocycles. The van der Waals surface area contributed by atoms with Crippen LogP contribution in [0.2, 0.25) is 0 Å². The quantitative estimate of drug-likeness (QED) is 0.553. The van der Waals surface area contributed by atoms with E-state index in [0.29, 0.717) is 0 Å². The largest absolute Gasteiger partial charge is 0.324 e. The van der Waals surface area contributed by atoms with E-state index in [1.807, 2.05) is 0 Å². The van der Waals surface area contributed by atoms with Crippen molar-refractivity contribution in [3.05, 3.63) is 46.4 Å². The van der Waals surface area contributed by atoms with Crippen molar-refractivity contribution in [2.24, 2.45) is 5.73 Å². The maximum Gasteiger partial charge on any atom is 0.0295 e. The molecule has 0 aliphatic carbocycles. The molecule has 0 bridgehead atoms. The van der Waals surface area contributed by atoms with E-state index in [9.17, 15) is 0 Å². The summed E-state index contributed by atoms with van der Waals surface area (Å²) >= 11 is 3.52. The van der Waals surface area contributed by atoms with E-state index >= 15 is 0 Å². The molecule has 0 aliphatic heterocycles. The van der Waals surface area contributed by atoms with E-state index < -0.39 is 0 Å². The molecule has 1 unspecified atom stereocenters. The van der Waals surface area contributed by atoms with Gasteiger partial charge in [-0.25, -0.2) is 0 Å². The summed E-state index contributed by atoms with van der Waals surface area (Å²) in [4.78, 5) is 0. The standard InChI is InChI=1S/C19H26BrN/c1-2-3-4-5-6-7-8-19(21)17-10-9-16-14-18(20)12-11-15(16)13-17/h9-14,19H,2-8,21H2,1H3. The molecule has 0 spiro atoms. The maximum atomic E-state index is 6.35. The van der Waals surface area contributed by atoms with Gasteiger partial charge in [0.1, 0.15) is 0 Å². The first kappa shape index (κ1) is 16.5. The fourth-order valence-corrected chi connectivity index (χ4v) is 3.16. The first-order chi connectivity index (χ1) is 10.2. The Bertz CT molecular complexity index is 564. The monoisotopic (exact) mass is 347 g/mol. The van der Waals surface area contributed by atoms with Gasteiger partial charge in [-0.05, 0) is 41.0 Å². The van der Waals surface area contributed by atoms with Gasteiger partial charge in [0, 0.05) is 10.5 Å². The van der Waals surface area contributed by atoms with Crippen molar-refractivity contribution in [2.45, 2.75) is 57.9 Å². The highest BCUT2D eigenvalue weighted by Gasteiger charge is 2.06. The van der Waals surface area contributed by atoms with Crippen LogP contribution in [0.25, 0.3) is 10.8 Å². The SMILES string of the molecule is CCCCCCCCC(N)c1ccc2cc(Br)ccc2c1. The smallest absolute Gasteiger partial charge is 0.0295 e. The van der Waals surface area contributed by atoms with Crippen LogP contribution in [-0.4, -0.2) is 0 Å². The summed E-state index contributed by atoms with van der Waals surface area (Å²) in [5.41, 5.74) is 7.61. The molecule has 0 radical (unpaired) electrons. The molecule has 0 saturated carbocycles. The number of fused-ring (bicyclic) bond motifs is 1. The summed E-state index contributed by atoms with van der Waals surface area (Å²) in [5, 5.41) is 2.54. The highest BCUT2D eigenvalue weighted by molar-refractivity contribution is 9.10. The van der Waals surface area contributed by atoms with Crippen molar-refractivity contribution < 1.29 is 0 Å². The number of hydrogen-bond donors (Lipinski definition) is 1. The lowest BCUT2D eigenvalue weighted by molar-refractivity contribution is 0.547. The highest BCUT2D eigenvalue weighted by atomic mass is 79.9. The van der Waals surface area contributed by atoms with Crippen LogP contribution in [0.1, 0.15) is 63.5 Å². The molecule has 0 amide bonds. The summed E-state index contributed by atoms with van der Waals surface area (Å²) in [6.07, 6.45) is 9.05. The molecule has 0 fully saturated rings. The number of benzene rings is 2. The van der Waals surface area contributed by atoms with Crippen LogP contribution in [0.3, 0.4) is 0 Å². The van der Waals surface area contributed by atoms with Gasteiger partial charge in [-0.15, -0.1) is 0 Å². The fraction of sp³-hybridized carbons (Fsp3) is 0.474. The molecule has 0 aromatic heterocycles. The van der Waals surface area contributed by atoms with Crippen LogP contribution in [0, 0.1) is 0 Å². The molecular formula is C19H26BrN. The normalized spacial score (nSPS) is 12.7. The molecule has 2 rings (SSSR count). The Morgan fingerprint density at radius 3 is 2.38 bits per heavy atom. The molecule has 2 aromatic rings. The lowest BCUT2D eigenvalue weighted by Gasteiger charge is -2.13. The predicted molar refractivity (Wildman–Crippen MR) is 96.6 cm³/mol. The molecule has 0 heterocycles. The minimum absolute atomic E-state index is 0.171. The zero-order chi connectivity index (χ0) is 15.1. The van der Waals surface area contributed by atoms with Gasteiger partial charge in [0.15, 0.2) is 0 Å². The average molecular weight is 348 g/mol. The summed E-state index contributed by atoms with van der Waals surface area (Å²) in [5.74, 6) is 0. The van der Waals surface area contributed by atoms with Crippen LogP contribution in [0.5, 0.6) is 0 Å². The van der Waals surface area contributed by atoms with E-state index in [2.05, 4.69) is 59.3 Å². The van der Waals surface area contributed by atoms with Crippen LogP contribution in [0.4, 0.5) is 0 Å². The summed E-state index contributed by atoms with van der Waals surface area (Å²) in [7, 11) is 0. The van der Waals surface area contributed by atoms with Gasteiger partial charge in [0.25, 0.3) is 0 Å². The first-order valence-corrected chi connectivity index (χ1v) is 8.95. The lowest BCUT2D eigenvalue weighted by Crippen LogP contribution is -2.09. The number of nitrogens with two attached hydrogens (primary N) is 1. The van der Waals surface area contributed by atoms with Gasteiger partial charge in [-0.1, -0.05) is 79.6 Å². The van der Waals surface area contributed by atoms with Gasteiger partial charge < -0.3 is 5.73 Å². The van der Waals surface area contributed by atoms with E-state index in [1.165, 1.54) is 54.9 Å². The topological polar surface area (TPSA) is 26.0 Å². The number of hydrogen-bond acceptors (Lipinski definition) is 1. The molecule has 114 valence electrons. The molecule has 0 aliphatic rings. The zero-order valence-electron chi connectivity index (χ0n) is 12.9. The predicted octanol–water partition coefficient (Wildman–Crippen LogP) is 6.35. The van der Waals surface area contributed by atoms with Crippen LogP contribution in [0.15, 0.2) is 40.9 Å². The average Bonchev–Trinajstić information content (AvgIpc) is 2.50. The van der Waals surface area contributed by atoms with Crippen molar-refractivity contribution in [3.8, 4) is 0 Å². The van der Waals surface area contributed by atoms with Crippen LogP contribution >= 0.6 is 15.9 Å². The Morgan fingerprint density at radius 1 is 0.905 bits per heavy atom.